The van der Waals surface area contributed by atoms with Gasteiger partial charge in [-0.1, -0.05) is 53.6 Å². The maximum Gasteiger partial charge on any atom is 0.179 e. The molecule has 0 aromatic heterocycles. The lowest BCUT2D eigenvalue weighted by Gasteiger charge is -2.15. The Morgan fingerprint density at radius 1 is 1.00 bits per heavy atom. The molecule has 2 rings (SSSR count). The highest BCUT2D eigenvalue weighted by molar-refractivity contribution is 6.01. The molecular formula is C19H23NO. The number of hydrogen-bond acceptors (Lipinski definition) is 2. The van der Waals surface area contributed by atoms with Crippen LogP contribution in [0, 0.1) is 20.8 Å². The van der Waals surface area contributed by atoms with Crippen molar-refractivity contribution in [1.29, 1.82) is 0 Å². The minimum Gasteiger partial charge on any atom is -0.303 e. The zero-order valence-electron chi connectivity index (χ0n) is 13.2. The standard InChI is InChI=1S/C19H23NO/c1-13-5-8-17(9-6-13)12-20-16(4)19(21)18-10-7-14(2)11-15(18)3/h5-11,16,20H,12H2,1-4H3. The van der Waals surface area contributed by atoms with Gasteiger partial charge in [0.1, 0.15) is 0 Å². The molecule has 2 aromatic carbocycles. The number of Topliss-reactive ketones (excluding diaryl/α,β-unsaturated/α-hetero) is 1. The fourth-order valence-corrected chi connectivity index (χ4v) is 2.39. The molecule has 0 fully saturated rings. The summed E-state index contributed by atoms with van der Waals surface area (Å²) in [6, 6.07) is 14.2. The molecule has 0 spiro atoms. The van der Waals surface area contributed by atoms with E-state index < -0.39 is 0 Å². The lowest BCUT2D eigenvalue weighted by Crippen LogP contribution is -2.33. The van der Waals surface area contributed by atoms with Crippen molar-refractivity contribution in [2.24, 2.45) is 0 Å². The van der Waals surface area contributed by atoms with E-state index in [1.165, 1.54) is 16.7 Å². The summed E-state index contributed by atoms with van der Waals surface area (Å²) in [5.41, 5.74) is 5.48. The minimum absolute atomic E-state index is 0.152. The van der Waals surface area contributed by atoms with Crippen LogP contribution in [0.3, 0.4) is 0 Å². The molecule has 0 amide bonds. The maximum atomic E-state index is 12.5. The third kappa shape index (κ3) is 4.02. The molecule has 1 N–H and O–H groups in total. The van der Waals surface area contributed by atoms with Gasteiger partial charge in [-0.25, -0.2) is 0 Å². The summed E-state index contributed by atoms with van der Waals surface area (Å²) in [5.74, 6) is 0.152. The second kappa shape index (κ2) is 6.68. The van der Waals surface area contributed by atoms with E-state index >= 15 is 0 Å². The first-order valence-electron chi connectivity index (χ1n) is 7.38. The molecule has 2 nitrogen and oxygen atoms in total. The van der Waals surface area contributed by atoms with Crippen molar-refractivity contribution >= 4 is 5.78 Å². The number of benzene rings is 2. The summed E-state index contributed by atoms with van der Waals surface area (Å²) in [6.45, 7) is 8.74. The summed E-state index contributed by atoms with van der Waals surface area (Å²) in [5, 5.41) is 3.31. The second-order valence-corrected chi connectivity index (χ2v) is 5.77. The van der Waals surface area contributed by atoms with Gasteiger partial charge < -0.3 is 5.32 Å². The average molecular weight is 281 g/mol. The first kappa shape index (κ1) is 15.5. The summed E-state index contributed by atoms with van der Waals surface area (Å²) >= 11 is 0. The second-order valence-electron chi connectivity index (χ2n) is 5.77. The Balaban J connectivity index is 2.00. The topological polar surface area (TPSA) is 29.1 Å². The summed E-state index contributed by atoms with van der Waals surface area (Å²) < 4.78 is 0. The van der Waals surface area contributed by atoms with Gasteiger partial charge in [-0.05, 0) is 38.8 Å². The number of rotatable bonds is 5. The van der Waals surface area contributed by atoms with Crippen LogP contribution in [-0.2, 0) is 6.54 Å². The highest BCUT2D eigenvalue weighted by Gasteiger charge is 2.16. The molecule has 0 saturated carbocycles. The third-order valence-electron chi connectivity index (χ3n) is 3.77. The number of carbonyl (C=O) groups excluding carboxylic acids is 1. The van der Waals surface area contributed by atoms with Crippen LogP contribution in [0.1, 0.15) is 39.5 Å². The van der Waals surface area contributed by atoms with Crippen LogP contribution in [-0.4, -0.2) is 11.8 Å². The number of hydrogen-bond donors (Lipinski definition) is 1. The molecule has 21 heavy (non-hydrogen) atoms. The fourth-order valence-electron chi connectivity index (χ4n) is 2.39. The molecule has 1 atom stereocenters. The van der Waals surface area contributed by atoms with Crippen molar-refractivity contribution in [3.63, 3.8) is 0 Å². The monoisotopic (exact) mass is 281 g/mol. The SMILES string of the molecule is Cc1ccc(CNC(C)C(=O)c2ccc(C)cc2C)cc1. The molecule has 0 heterocycles. The molecule has 0 saturated heterocycles. The zero-order chi connectivity index (χ0) is 15.4. The summed E-state index contributed by atoms with van der Waals surface area (Å²) in [6.07, 6.45) is 0. The molecule has 0 aliphatic carbocycles. The van der Waals surface area contributed by atoms with Gasteiger partial charge >= 0.3 is 0 Å². The van der Waals surface area contributed by atoms with E-state index in [9.17, 15) is 4.79 Å². The summed E-state index contributed by atoms with van der Waals surface area (Å²) in [7, 11) is 0. The van der Waals surface area contributed by atoms with Crippen LogP contribution in [0.2, 0.25) is 0 Å². The van der Waals surface area contributed by atoms with Crippen molar-refractivity contribution in [1.82, 2.24) is 5.32 Å². The molecule has 2 aromatic rings. The van der Waals surface area contributed by atoms with E-state index in [2.05, 4.69) is 42.6 Å². The number of ketones is 1. The van der Waals surface area contributed by atoms with Crippen molar-refractivity contribution < 1.29 is 4.79 Å². The molecule has 0 aliphatic rings. The first-order valence-corrected chi connectivity index (χ1v) is 7.38. The highest BCUT2D eigenvalue weighted by Crippen LogP contribution is 2.13. The fraction of sp³-hybridized carbons (Fsp3) is 0.316. The first-order chi connectivity index (χ1) is 9.97. The van der Waals surface area contributed by atoms with Crippen LogP contribution in [0.15, 0.2) is 42.5 Å². The molecule has 0 radical (unpaired) electrons. The number of nitrogens with one attached hydrogen (secondary N) is 1. The Morgan fingerprint density at radius 3 is 2.24 bits per heavy atom. The van der Waals surface area contributed by atoms with Crippen LogP contribution in [0.5, 0.6) is 0 Å². The minimum atomic E-state index is -0.187. The van der Waals surface area contributed by atoms with Crippen molar-refractivity contribution in [2.75, 3.05) is 0 Å². The Kier molecular flexibility index (Phi) is 4.92. The highest BCUT2D eigenvalue weighted by atomic mass is 16.1. The maximum absolute atomic E-state index is 12.5. The van der Waals surface area contributed by atoms with Gasteiger partial charge in [-0.2, -0.15) is 0 Å². The van der Waals surface area contributed by atoms with Gasteiger partial charge in [-0.3, -0.25) is 4.79 Å². The molecule has 110 valence electrons. The van der Waals surface area contributed by atoms with Crippen LogP contribution in [0.4, 0.5) is 0 Å². The number of carbonyl (C=O) groups is 1. The normalized spacial score (nSPS) is 12.2. The van der Waals surface area contributed by atoms with Crippen molar-refractivity contribution in [3.05, 3.63) is 70.3 Å². The van der Waals surface area contributed by atoms with Crippen LogP contribution in [0.25, 0.3) is 0 Å². The van der Waals surface area contributed by atoms with E-state index in [1.54, 1.807) is 0 Å². The molecular weight excluding hydrogens is 258 g/mol. The van der Waals surface area contributed by atoms with Gasteiger partial charge in [0.25, 0.3) is 0 Å². The zero-order valence-corrected chi connectivity index (χ0v) is 13.2. The van der Waals surface area contributed by atoms with E-state index in [1.807, 2.05) is 32.9 Å². The average Bonchev–Trinajstić information content (AvgIpc) is 2.45. The lowest BCUT2D eigenvalue weighted by atomic mass is 9.98. The predicted octanol–water partition coefficient (Wildman–Crippen LogP) is 3.97. The van der Waals surface area contributed by atoms with Gasteiger partial charge in [0.05, 0.1) is 6.04 Å². The Hall–Kier alpha value is -1.93. The largest absolute Gasteiger partial charge is 0.303 e. The van der Waals surface area contributed by atoms with Crippen LogP contribution < -0.4 is 5.32 Å². The van der Waals surface area contributed by atoms with E-state index in [4.69, 9.17) is 0 Å². The smallest absolute Gasteiger partial charge is 0.179 e. The van der Waals surface area contributed by atoms with Crippen molar-refractivity contribution in [3.8, 4) is 0 Å². The van der Waals surface area contributed by atoms with Gasteiger partial charge in [0, 0.05) is 12.1 Å². The predicted molar refractivity (Wildman–Crippen MR) is 87.7 cm³/mol. The Labute approximate surface area is 127 Å². The Bertz CT molecular complexity index is 629. The van der Waals surface area contributed by atoms with Gasteiger partial charge in [0.15, 0.2) is 5.78 Å². The van der Waals surface area contributed by atoms with Crippen molar-refractivity contribution in [2.45, 2.75) is 40.3 Å². The molecule has 1 unspecified atom stereocenters. The molecule has 2 heteroatoms. The summed E-state index contributed by atoms with van der Waals surface area (Å²) in [4.78, 5) is 12.5. The van der Waals surface area contributed by atoms with E-state index in [-0.39, 0.29) is 11.8 Å². The van der Waals surface area contributed by atoms with Gasteiger partial charge in [0.2, 0.25) is 0 Å². The quantitative estimate of drug-likeness (QED) is 0.840. The van der Waals surface area contributed by atoms with E-state index in [0.29, 0.717) is 6.54 Å². The third-order valence-corrected chi connectivity index (χ3v) is 3.77. The lowest BCUT2D eigenvalue weighted by molar-refractivity contribution is 0.0949. The molecule has 0 aliphatic heterocycles. The molecule has 0 bridgehead atoms. The number of aryl methyl sites for hydroxylation is 3. The Morgan fingerprint density at radius 2 is 1.62 bits per heavy atom. The van der Waals surface area contributed by atoms with Gasteiger partial charge in [-0.15, -0.1) is 0 Å². The van der Waals surface area contributed by atoms with Crippen LogP contribution >= 0.6 is 0 Å². The van der Waals surface area contributed by atoms with E-state index in [0.717, 1.165) is 11.1 Å².